The van der Waals surface area contributed by atoms with Crippen LogP contribution in [0.15, 0.2) is 22.6 Å². The SMILES string of the molecule is C[C@@H]1CN(C(=O)OC(C)(C)C)C[C@H](C)N1c1nc2c(C(=O)NC3CC4CCCC(C3)N4C)cccc2o1. The van der Waals surface area contributed by atoms with Gasteiger partial charge < -0.3 is 29.2 Å². The maximum atomic E-state index is 13.4. The van der Waals surface area contributed by atoms with Crippen LogP contribution in [0.4, 0.5) is 10.8 Å². The van der Waals surface area contributed by atoms with Crippen LogP contribution in [0.5, 0.6) is 0 Å². The number of hydrogen-bond donors (Lipinski definition) is 1. The molecule has 1 N–H and O–H groups in total. The first-order valence-corrected chi connectivity index (χ1v) is 13.7. The number of rotatable bonds is 3. The summed E-state index contributed by atoms with van der Waals surface area (Å²) >= 11 is 0. The van der Waals surface area contributed by atoms with Gasteiger partial charge in [-0.25, -0.2) is 4.79 Å². The summed E-state index contributed by atoms with van der Waals surface area (Å²) in [5.74, 6) is -0.0890. The standard InChI is InChI=1S/C28H41N5O4/c1-17-15-32(27(35)37-28(3,4)5)16-18(2)33(17)26-30-24-22(11-8-12-23(24)36-26)25(34)29-19-13-20-9-7-10-21(14-19)31(20)6/h8,11-12,17-21H,7,9-10,13-16H2,1-6H3,(H,29,34)/t17-,18+,19?,20?,21?. The summed E-state index contributed by atoms with van der Waals surface area (Å²) in [7, 11) is 2.22. The smallest absolute Gasteiger partial charge is 0.410 e. The fraction of sp³-hybridized carbons (Fsp3) is 0.679. The van der Waals surface area contributed by atoms with E-state index in [0.29, 0.717) is 47.9 Å². The van der Waals surface area contributed by atoms with Crippen molar-refractivity contribution in [2.45, 2.75) is 103 Å². The van der Waals surface area contributed by atoms with Crippen molar-refractivity contribution in [3.05, 3.63) is 23.8 Å². The number of para-hydroxylation sites is 1. The molecule has 2 amide bonds. The lowest BCUT2D eigenvalue weighted by Crippen LogP contribution is -2.59. The third kappa shape index (κ3) is 5.28. The number of hydrogen-bond acceptors (Lipinski definition) is 7. The van der Waals surface area contributed by atoms with E-state index in [4.69, 9.17) is 14.1 Å². The first-order valence-electron chi connectivity index (χ1n) is 13.7. The Hall–Kier alpha value is -2.81. The fourth-order valence-electron chi connectivity index (χ4n) is 6.40. The molecule has 4 atom stereocenters. The second kappa shape index (κ2) is 9.82. The highest BCUT2D eigenvalue weighted by Gasteiger charge is 2.38. The maximum Gasteiger partial charge on any atom is 0.410 e. The molecule has 3 saturated heterocycles. The van der Waals surface area contributed by atoms with Crippen molar-refractivity contribution in [1.82, 2.24) is 20.1 Å². The molecule has 5 rings (SSSR count). The average molecular weight is 512 g/mol. The number of ether oxygens (including phenoxy) is 1. The molecule has 0 aliphatic carbocycles. The van der Waals surface area contributed by atoms with Gasteiger partial charge in [0.25, 0.3) is 11.9 Å². The Morgan fingerprint density at radius 3 is 2.35 bits per heavy atom. The topological polar surface area (TPSA) is 91.1 Å². The third-order valence-corrected chi connectivity index (χ3v) is 8.12. The molecule has 0 spiro atoms. The predicted octanol–water partition coefficient (Wildman–Crippen LogP) is 4.41. The first-order chi connectivity index (χ1) is 17.5. The lowest BCUT2D eigenvalue weighted by atomic mass is 9.82. The number of aromatic nitrogens is 1. The molecule has 9 heteroatoms. The van der Waals surface area contributed by atoms with Gasteiger partial charge >= 0.3 is 6.09 Å². The number of fused-ring (bicyclic) bond motifs is 3. The molecular weight excluding hydrogens is 470 g/mol. The fourth-order valence-corrected chi connectivity index (χ4v) is 6.40. The van der Waals surface area contributed by atoms with Crippen molar-refractivity contribution in [3.63, 3.8) is 0 Å². The Balaban J connectivity index is 1.31. The lowest BCUT2D eigenvalue weighted by molar-refractivity contribution is 0.0189. The molecule has 202 valence electrons. The summed E-state index contributed by atoms with van der Waals surface area (Å²) in [5, 5.41) is 3.30. The van der Waals surface area contributed by atoms with E-state index in [-0.39, 0.29) is 30.1 Å². The minimum atomic E-state index is -0.537. The van der Waals surface area contributed by atoms with E-state index in [1.165, 1.54) is 19.3 Å². The Morgan fingerprint density at radius 1 is 1.08 bits per heavy atom. The van der Waals surface area contributed by atoms with E-state index in [1.807, 2.05) is 52.8 Å². The van der Waals surface area contributed by atoms with Crippen LogP contribution in [0.1, 0.15) is 77.1 Å². The van der Waals surface area contributed by atoms with Crippen LogP contribution < -0.4 is 10.2 Å². The summed E-state index contributed by atoms with van der Waals surface area (Å²) in [6.45, 7) is 10.7. The third-order valence-electron chi connectivity index (χ3n) is 8.12. The molecule has 2 aromatic rings. The molecule has 3 aliphatic rings. The largest absolute Gasteiger partial charge is 0.444 e. The van der Waals surface area contributed by atoms with Crippen molar-refractivity contribution >= 4 is 29.1 Å². The van der Waals surface area contributed by atoms with Crippen LogP contribution in [0.2, 0.25) is 0 Å². The highest BCUT2D eigenvalue weighted by atomic mass is 16.6. The molecule has 0 radical (unpaired) electrons. The van der Waals surface area contributed by atoms with Gasteiger partial charge in [0.05, 0.1) is 5.56 Å². The van der Waals surface area contributed by atoms with Crippen LogP contribution in [0.25, 0.3) is 11.1 Å². The van der Waals surface area contributed by atoms with Crippen LogP contribution in [-0.4, -0.2) is 82.7 Å². The lowest BCUT2D eigenvalue weighted by Gasteiger charge is -2.47. The number of nitrogens with zero attached hydrogens (tertiary/aromatic N) is 4. The van der Waals surface area contributed by atoms with Gasteiger partial charge in [0.2, 0.25) is 0 Å². The van der Waals surface area contributed by atoms with Gasteiger partial charge in [0.15, 0.2) is 5.58 Å². The van der Waals surface area contributed by atoms with Crippen molar-refractivity contribution in [2.75, 3.05) is 25.0 Å². The highest BCUT2D eigenvalue weighted by Crippen LogP contribution is 2.34. The van der Waals surface area contributed by atoms with Gasteiger partial charge in [0.1, 0.15) is 11.1 Å². The molecule has 0 saturated carbocycles. The Labute approximate surface area is 219 Å². The first kappa shape index (κ1) is 25.8. The maximum absolute atomic E-state index is 13.4. The number of carbonyl (C=O) groups is 2. The molecule has 9 nitrogen and oxygen atoms in total. The van der Waals surface area contributed by atoms with E-state index in [2.05, 4.69) is 22.2 Å². The molecule has 2 unspecified atom stereocenters. The summed E-state index contributed by atoms with van der Waals surface area (Å²) in [6.07, 6.45) is 5.38. The Kier molecular flexibility index (Phi) is 6.85. The van der Waals surface area contributed by atoms with Gasteiger partial charge in [0, 0.05) is 43.3 Å². The van der Waals surface area contributed by atoms with Crippen molar-refractivity contribution in [1.29, 1.82) is 0 Å². The quantitative estimate of drug-likeness (QED) is 0.653. The van der Waals surface area contributed by atoms with Crippen molar-refractivity contribution < 1.29 is 18.7 Å². The number of amides is 2. The van der Waals surface area contributed by atoms with Crippen molar-refractivity contribution in [2.24, 2.45) is 0 Å². The molecule has 3 fully saturated rings. The number of piperazine rings is 1. The number of piperidine rings is 2. The van der Waals surface area contributed by atoms with Gasteiger partial charge in [-0.1, -0.05) is 12.5 Å². The molecule has 2 bridgehead atoms. The Bertz CT molecular complexity index is 1130. The summed E-state index contributed by atoms with van der Waals surface area (Å²) < 4.78 is 11.8. The normalized spacial score (nSPS) is 28.9. The van der Waals surface area contributed by atoms with Crippen LogP contribution in [-0.2, 0) is 4.74 Å². The highest BCUT2D eigenvalue weighted by molar-refractivity contribution is 6.04. The average Bonchev–Trinajstić information content (AvgIpc) is 3.21. The van der Waals surface area contributed by atoms with E-state index in [9.17, 15) is 9.59 Å². The van der Waals surface area contributed by atoms with Gasteiger partial charge in [-0.2, -0.15) is 4.98 Å². The monoisotopic (exact) mass is 511 g/mol. The zero-order valence-electron chi connectivity index (χ0n) is 23.0. The second-order valence-corrected chi connectivity index (χ2v) is 12.2. The van der Waals surface area contributed by atoms with Gasteiger partial charge in [-0.3, -0.25) is 4.79 Å². The van der Waals surface area contributed by atoms with Crippen LogP contribution in [0, 0.1) is 0 Å². The van der Waals surface area contributed by atoms with Gasteiger partial charge in [-0.05, 0) is 79.5 Å². The Morgan fingerprint density at radius 2 is 1.73 bits per heavy atom. The number of oxazole rings is 1. The molecule has 1 aromatic carbocycles. The van der Waals surface area contributed by atoms with E-state index < -0.39 is 5.60 Å². The molecular formula is C28H41N5O4. The molecule has 37 heavy (non-hydrogen) atoms. The van der Waals surface area contributed by atoms with Crippen LogP contribution >= 0.6 is 0 Å². The van der Waals surface area contributed by atoms with Gasteiger partial charge in [-0.15, -0.1) is 0 Å². The van der Waals surface area contributed by atoms with Crippen LogP contribution in [0.3, 0.4) is 0 Å². The molecule has 1 aromatic heterocycles. The van der Waals surface area contributed by atoms with E-state index in [1.54, 1.807) is 4.90 Å². The zero-order chi connectivity index (χ0) is 26.5. The minimum absolute atomic E-state index is 0.0276. The minimum Gasteiger partial charge on any atom is -0.444 e. The van der Waals surface area contributed by atoms with E-state index in [0.717, 1.165) is 12.8 Å². The number of anilines is 1. The number of carbonyl (C=O) groups excluding carboxylic acids is 2. The van der Waals surface area contributed by atoms with Crippen molar-refractivity contribution in [3.8, 4) is 0 Å². The summed E-state index contributed by atoms with van der Waals surface area (Å²) in [5.41, 5.74) is 1.18. The molecule has 4 heterocycles. The summed E-state index contributed by atoms with van der Waals surface area (Å²) in [6, 6.07) is 7.24. The van der Waals surface area contributed by atoms with E-state index >= 15 is 0 Å². The zero-order valence-corrected chi connectivity index (χ0v) is 23.0. The number of benzene rings is 1. The number of nitrogens with one attached hydrogen (secondary N) is 1. The second-order valence-electron chi connectivity index (χ2n) is 12.2. The molecule has 3 aliphatic heterocycles. The summed E-state index contributed by atoms with van der Waals surface area (Å²) in [4.78, 5) is 37.2. The predicted molar refractivity (Wildman–Crippen MR) is 143 cm³/mol.